The molecule has 2 saturated carbocycles. The SMILES string of the molecule is CNC1CC12CC2.Cl. The van der Waals surface area contributed by atoms with Crippen LogP contribution in [-0.2, 0) is 0 Å². The highest BCUT2D eigenvalue weighted by Gasteiger charge is 2.61. The zero-order valence-corrected chi connectivity index (χ0v) is 5.92. The summed E-state index contributed by atoms with van der Waals surface area (Å²) in [5.74, 6) is 0. The molecule has 2 aliphatic rings. The Labute approximate surface area is 56.3 Å². The van der Waals surface area contributed by atoms with Crippen molar-refractivity contribution in [1.82, 2.24) is 5.32 Å². The van der Waals surface area contributed by atoms with Crippen LogP contribution in [0.1, 0.15) is 19.3 Å². The van der Waals surface area contributed by atoms with Crippen molar-refractivity contribution in [3.63, 3.8) is 0 Å². The van der Waals surface area contributed by atoms with E-state index in [-0.39, 0.29) is 12.4 Å². The molecule has 1 atom stereocenters. The van der Waals surface area contributed by atoms with Gasteiger partial charge in [0.25, 0.3) is 0 Å². The van der Waals surface area contributed by atoms with Crippen molar-refractivity contribution in [3.05, 3.63) is 0 Å². The number of nitrogens with one attached hydrogen (secondary N) is 1. The topological polar surface area (TPSA) is 12.0 Å². The lowest BCUT2D eigenvalue weighted by Crippen LogP contribution is -2.10. The largest absolute Gasteiger partial charge is 0.316 e. The van der Waals surface area contributed by atoms with Crippen molar-refractivity contribution in [2.24, 2.45) is 5.41 Å². The van der Waals surface area contributed by atoms with Crippen LogP contribution in [0.2, 0.25) is 0 Å². The lowest BCUT2D eigenvalue weighted by molar-refractivity contribution is 0.711. The second kappa shape index (κ2) is 1.61. The first kappa shape index (κ1) is 6.37. The lowest BCUT2D eigenvalue weighted by Gasteiger charge is -1.87. The first-order valence-corrected chi connectivity index (χ1v) is 3.05. The molecule has 0 heterocycles. The number of hydrogen-bond acceptors (Lipinski definition) is 1. The zero-order chi connectivity index (χ0) is 4.91. The first-order valence-electron chi connectivity index (χ1n) is 3.05. The second-order valence-electron chi connectivity index (χ2n) is 2.91. The molecule has 0 aromatic carbocycles. The molecular weight excluding hydrogens is 122 g/mol. The third-order valence-electron chi connectivity index (χ3n) is 2.43. The molecular formula is C6H12ClN. The van der Waals surface area contributed by atoms with Gasteiger partial charge >= 0.3 is 0 Å². The van der Waals surface area contributed by atoms with Crippen LogP contribution in [-0.4, -0.2) is 13.1 Å². The highest BCUT2D eigenvalue weighted by molar-refractivity contribution is 5.85. The molecule has 1 spiro atoms. The van der Waals surface area contributed by atoms with E-state index >= 15 is 0 Å². The zero-order valence-electron chi connectivity index (χ0n) is 5.11. The average Bonchev–Trinajstić information content (AvgIpc) is 2.52. The molecule has 2 heteroatoms. The third kappa shape index (κ3) is 0.652. The molecule has 1 nitrogen and oxygen atoms in total. The summed E-state index contributed by atoms with van der Waals surface area (Å²) in [5, 5.41) is 3.29. The minimum atomic E-state index is 0. The Morgan fingerprint density at radius 3 is 2.25 bits per heavy atom. The maximum Gasteiger partial charge on any atom is 0.0127 e. The standard InChI is InChI=1S/C6H11N.ClH/c1-7-5-4-6(5)2-3-6;/h5,7H,2-4H2,1H3;1H. The van der Waals surface area contributed by atoms with E-state index in [1.54, 1.807) is 0 Å². The van der Waals surface area contributed by atoms with E-state index in [0.717, 1.165) is 11.5 Å². The molecule has 0 bridgehead atoms. The normalized spacial score (nSPS) is 36.4. The number of rotatable bonds is 1. The van der Waals surface area contributed by atoms with E-state index in [1.807, 2.05) is 0 Å². The van der Waals surface area contributed by atoms with Crippen molar-refractivity contribution in [2.45, 2.75) is 25.3 Å². The molecule has 0 amide bonds. The van der Waals surface area contributed by atoms with Gasteiger partial charge in [-0.2, -0.15) is 0 Å². The molecule has 2 aliphatic carbocycles. The van der Waals surface area contributed by atoms with E-state index in [2.05, 4.69) is 12.4 Å². The van der Waals surface area contributed by atoms with Crippen molar-refractivity contribution in [3.8, 4) is 0 Å². The Kier molecular flexibility index (Phi) is 1.28. The van der Waals surface area contributed by atoms with E-state index in [4.69, 9.17) is 0 Å². The molecule has 0 aromatic heterocycles. The summed E-state index contributed by atoms with van der Waals surface area (Å²) >= 11 is 0. The van der Waals surface area contributed by atoms with Crippen LogP contribution >= 0.6 is 12.4 Å². The van der Waals surface area contributed by atoms with Crippen molar-refractivity contribution in [1.29, 1.82) is 0 Å². The van der Waals surface area contributed by atoms with Gasteiger partial charge < -0.3 is 5.32 Å². The molecule has 8 heavy (non-hydrogen) atoms. The monoisotopic (exact) mass is 133 g/mol. The molecule has 48 valence electrons. The van der Waals surface area contributed by atoms with Gasteiger partial charge in [-0.05, 0) is 31.7 Å². The van der Waals surface area contributed by atoms with E-state index < -0.39 is 0 Å². The molecule has 0 radical (unpaired) electrons. The first-order chi connectivity index (χ1) is 3.37. The van der Waals surface area contributed by atoms with E-state index in [1.165, 1.54) is 19.3 Å². The van der Waals surface area contributed by atoms with Gasteiger partial charge in [0.2, 0.25) is 0 Å². The second-order valence-corrected chi connectivity index (χ2v) is 2.91. The van der Waals surface area contributed by atoms with Gasteiger partial charge in [-0.25, -0.2) is 0 Å². The summed E-state index contributed by atoms with van der Waals surface area (Å²) in [6.07, 6.45) is 4.46. The summed E-state index contributed by atoms with van der Waals surface area (Å²) < 4.78 is 0. The van der Waals surface area contributed by atoms with Crippen molar-refractivity contribution < 1.29 is 0 Å². The Bertz CT molecular complexity index is 98.7. The average molecular weight is 134 g/mol. The Morgan fingerprint density at radius 1 is 1.50 bits per heavy atom. The maximum atomic E-state index is 3.29. The van der Waals surface area contributed by atoms with Gasteiger partial charge in [0.15, 0.2) is 0 Å². The van der Waals surface area contributed by atoms with Gasteiger partial charge in [-0.15, -0.1) is 12.4 Å². The van der Waals surface area contributed by atoms with Gasteiger partial charge in [-0.3, -0.25) is 0 Å². The predicted octanol–water partition coefficient (Wildman–Crippen LogP) is 1.18. The lowest BCUT2D eigenvalue weighted by atomic mass is 10.4. The summed E-state index contributed by atoms with van der Waals surface area (Å²) in [7, 11) is 2.07. The van der Waals surface area contributed by atoms with Crippen LogP contribution in [0.25, 0.3) is 0 Å². The molecule has 1 unspecified atom stereocenters. The van der Waals surface area contributed by atoms with Crippen LogP contribution in [0, 0.1) is 5.41 Å². The van der Waals surface area contributed by atoms with Crippen LogP contribution in [0.4, 0.5) is 0 Å². The van der Waals surface area contributed by atoms with Crippen molar-refractivity contribution >= 4 is 12.4 Å². The quantitative estimate of drug-likeness (QED) is 0.567. The van der Waals surface area contributed by atoms with Crippen molar-refractivity contribution in [2.75, 3.05) is 7.05 Å². The highest BCUT2D eigenvalue weighted by Crippen LogP contribution is 2.65. The van der Waals surface area contributed by atoms with Crippen LogP contribution in [0.5, 0.6) is 0 Å². The van der Waals surface area contributed by atoms with E-state index in [0.29, 0.717) is 0 Å². The van der Waals surface area contributed by atoms with E-state index in [9.17, 15) is 0 Å². The van der Waals surface area contributed by atoms with Crippen LogP contribution in [0.15, 0.2) is 0 Å². The number of halogens is 1. The third-order valence-corrected chi connectivity index (χ3v) is 2.43. The molecule has 0 aliphatic heterocycles. The Hall–Kier alpha value is 0.250. The predicted molar refractivity (Wildman–Crippen MR) is 36.4 cm³/mol. The molecule has 2 rings (SSSR count). The summed E-state index contributed by atoms with van der Waals surface area (Å²) in [6.45, 7) is 0. The Morgan fingerprint density at radius 2 is 2.12 bits per heavy atom. The van der Waals surface area contributed by atoms with Gasteiger partial charge in [-0.1, -0.05) is 0 Å². The summed E-state index contributed by atoms with van der Waals surface area (Å²) in [4.78, 5) is 0. The van der Waals surface area contributed by atoms with Gasteiger partial charge in [0, 0.05) is 6.04 Å². The Balaban J connectivity index is 0.000000320. The van der Waals surface area contributed by atoms with Crippen LogP contribution in [0.3, 0.4) is 0 Å². The van der Waals surface area contributed by atoms with Crippen LogP contribution < -0.4 is 5.32 Å². The fraction of sp³-hybridized carbons (Fsp3) is 1.00. The molecule has 1 N–H and O–H groups in total. The summed E-state index contributed by atoms with van der Waals surface area (Å²) in [5.41, 5.74) is 0.856. The molecule has 0 saturated heterocycles. The molecule has 2 fully saturated rings. The van der Waals surface area contributed by atoms with Gasteiger partial charge in [0.05, 0.1) is 0 Å². The fourth-order valence-electron chi connectivity index (χ4n) is 1.47. The highest BCUT2D eigenvalue weighted by atomic mass is 35.5. The molecule has 0 aromatic rings. The maximum absolute atomic E-state index is 3.29. The minimum absolute atomic E-state index is 0. The fourth-order valence-corrected chi connectivity index (χ4v) is 1.47. The minimum Gasteiger partial charge on any atom is -0.316 e. The van der Waals surface area contributed by atoms with Gasteiger partial charge in [0.1, 0.15) is 0 Å². The number of hydrogen-bond donors (Lipinski definition) is 1. The smallest absolute Gasteiger partial charge is 0.0127 e. The summed E-state index contributed by atoms with van der Waals surface area (Å²) in [6, 6.07) is 0.910.